The van der Waals surface area contributed by atoms with E-state index in [1.165, 1.54) is 17.4 Å². The molecular formula is C17H27NO3S. The molecule has 22 heavy (non-hydrogen) atoms. The van der Waals surface area contributed by atoms with Crippen molar-refractivity contribution in [2.75, 3.05) is 26.0 Å². The van der Waals surface area contributed by atoms with E-state index in [2.05, 4.69) is 26.0 Å². The summed E-state index contributed by atoms with van der Waals surface area (Å²) in [5, 5.41) is 0. The molecule has 5 heteroatoms. The molecule has 0 amide bonds. The Morgan fingerprint density at radius 1 is 1.18 bits per heavy atom. The van der Waals surface area contributed by atoms with Gasteiger partial charge in [0.2, 0.25) is 10.0 Å². The fraction of sp³-hybridized carbons (Fsp3) is 0.647. The maximum atomic E-state index is 11.5. The van der Waals surface area contributed by atoms with E-state index < -0.39 is 10.0 Å². The second kappa shape index (κ2) is 7.47. The van der Waals surface area contributed by atoms with Crippen molar-refractivity contribution in [1.29, 1.82) is 0 Å². The summed E-state index contributed by atoms with van der Waals surface area (Å²) in [6.45, 7) is 6.26. The highest BCUT2D eigenvalue weighted by molar-refractivity contribution is 7.88. The lowest BCUT2D eigenvalue weighted by Crippen LogP contribution is -2.37. The first kappa shape index (κ1) is 17.3. The first-order valence-corrected chi connectivity index (χ1v) is 9.86. The normalized spacial score (nSPS) is 17.6. The second-order valence-electron chi connectivity index (χ2n) is 6.34. The van der Waals surface area contributed by atoms with Crippen LogP contribution in [0.5, 0.6) is 5.75 Å². The molecule has 4 nitrogen and oxygen atoms in total. The van der Waals surface area contributed by atoms with Gasteiger partial charge in [0, 0.05) is 13.1 Å². The average molecular weight is 325 g/mol. The Labute approximate surface area is 134 Å². The number of nitrogens with zero attached hydrogens (tertiary/aromatic N) is 1. The van der Waals surface area contributed by atoms with Gasteiger partial charge in [-0.15, -0.1) is 0 Å². The Kier molecular flexibility index (Phi) is 5.87. The highest BCUT2D eigenvalue weighted by Gasteiger charge is 2.24. The lowest BCUT2D eigenvalue weighted by Gasteiger charge is -2.30. The highest BCUT2D eigenvalue weighted by atomic mass is 32.2. The lowest BCUT2D eigenvalue weighted by atomic mass is 9.93. The van der Waals surface area contributed by atoms with Gasteiger partial charge >= 0.3 is 0 Å². The van der Waals surface area contributed by atoms with E-state index in [0.29, 0.717) is 19.0 Å². The molecule has 1 aromatic carbocycles. The molecule has 0 aromatic heterocycles. The highest BCUT2D eigenvalue weighted by Crippen LogP contribution is 2.23. The SMILES string of the molecule is Cc1ccc(OCCCC2CCN(S(C)(=O)=O)CC2)cc1C. The fourth-order valence-corrected chi connectivity index (χ4v) is 3.77. The van der Waals surface area contributed by atoms with Crippen molar-refractivity contribution in [2.24, 2.45) is 5.92 Å². The average Bonchev–Trinajstić information content (AvgIpc) is 2.47. The van der Waals surface area contributed by atoms with Crippen LogP contribution in [0, 0.1) is 19.8 Å². The molecule has 1 fully saturated rings. The Bertz CT molecular complexity index is 590. The van der Waals surface area contributed by atoms with Gasteiger partial charge in [-0.25, -0.2) is 12.7 Å². The zero-order valence-corrected chi connectivity index (χ0v) is 14.7. The molecule has 0 bridgehead atoms. The maximum Gasteiger partial charge on any atom is 0.211 e. The predicted molar refractivity (Wildman–Crippen MR) is 89.8 cm³/mol. The van der Waals surface area contributed by atoms with Crippen LogP contribution in [0.4, 0.5) is 0 Å². The van der Waals surface area contributed by atoms with E-state index in [-0.39, 0.29) is 0 Å². The number of benzene rings is 1. The summed E-state index contributed by atoms with van der Waals surface area (Å²) in [7, 11) is -3.01. The van der Waals surface area contributed by atoms with Crippen molar-refractivity contribution < 1.29 is 13.2 Å². The quantitative estimate of drug-likeness (QED) is 0.755. The molecule has 0 aliphatic carbocycles. The van der Waals surface area contributed by atoms with Crippen LogP contribution >= 0.6 is 0 Å². The van der Waals surface area contributed by atoms with Crippen LogP contribution in [0.15, 0.2) is 18.2 Å². The minimum absolute atomic E-state index is 0.626. The molecule has 1 aliphatic heterocycles. The van der Waals surface area contributed by atoms with Crippen molar-refractivity contribution in [3.8, 4) is 5.75 Å². The minimum Gasteiger partial charge on any atom is -0.494 e. The van der Waals surface area contributed by atoms with Crippen LogP contribution < -0.4 is 4.74 Å². The molecule has 1 heterocycles. The number of hydrogen-bond acceptors (Lipinski definition) is 3. The summed E-state index contributed by atoms with van der Waals surface area (Å²) in [6.07, 6.45) is 5.37. The van der Waals surface area contributed by atoms with Crippen molar-refractivity contribution in [3.63, 3.8) is 0 Å². The Morgan fingerprint density at radius 3 is 2.45 bits per heavy atom. The van der Waals surface area contributed by atoms with Crippen LogP contribution in [0.3, 0.4) is 0 Å². The molecule has 0 spiro atoms. The third-order valence-corrected chi connectivity index (χ3v) is 5.85. The van der Waals surface area contributed by atoms with Crippen LogP contribution in [0.25, 0.3) is 0 Å². The Hall–Kier alpha value is -1.07. The molecule has 1 saturated heterocycles. The first-order chi connectivity index (χ1) is 10.4. The molecule has 0 saturated carbocycles. The summed E-state index contributed by atoms with van der Waals surface area (Å²) >= 11 is 0. The van der Waals surface area contributed by atoms with Gasteiger partial charge in [-0.05, 0) is 68.7 Å². The monoisotopic (exact) mass is 325 g/mol. The summed E-state index contributed by atoms with van der Waals surface area (Å²) in [6, 6.07) is 6.19. The van der Waals surface area contributed by atoms with Crippen LogP contribution in [-0.4, -0.2) is 38.7 Å². The number of ether oxygens (including phenoxy) is 1. The number of hydrogen-bond donors (Lipinski definition) is 0. The largest absolute Gasteiger partial charge is 0.494 e. The third kappa shape index (κ3) is 4.99. The molecule has 2 rings (SSSR count). The number of rotatable bonds is 6. The van der Waals surface area contributed by atoms with Crippen molar-refractivity contribution in [3.05, 3.63) is 29.3 Å². The summed E-state index contributed by atoms with van der Waals surface area (Å²) < 4.78 is 30.3. The molecule has 0 N–H and O–H groups in total. The van der Waals surface area contributed by atoms with Gasteiger partial charge in [-0.1, -0.05) is 6.07 Å². The zero-order chi connectivity index (χ0) is 16.2. The molecule has 0 unspecified atom stereocenters. The topological polar surface area (TPSA) is 46.6 Å². The standard InChI is InChI=1S/C17H27NO3S/c1-14-6-7-17(13-15(14)2)21-12-4-5-16-8-10-18(11-9-16)22(3,19)20/h6-7,13,16H,4-5,8-12H2,1-3H3. The van der Waals surface area contributed by atoms with Gasteiger partial charge in [-0.2, -0.15) is 0 Å². The molecule has 1 aromatic rings. The Morgan fingerprint density at radius 2 is 1.86 bits per heavy atom. The summed E-state index contributed by atoms with van der Waals surface area (Å²) in [4.78, 5) is 0. The smallest absolute Gasteiger partial charge is 0.211 e. The lowest BCUT2D eigenvalue weighted by molar-refractivity contribution is 0.239. The van der Waals surface area contributed by atoms with E-state index in [4.69, 9.17) is 4.74 Å². The van der Waals surface area contributed by atoms with E-state index in [1.54, 1.807) is 4.31 Å². The van der Waals surface area contributed by atoms with Gasteiger partial charge < -0.3 is 4.74 Å². The first-order valence-electron chi connectivity index (χ1n) is 8.01. The summed E-state index contributed by atoms with van der Waals surface area (Å²) in [5.74, 6) is 1.57. The van der Waals surface area contributed by atoms with E-state index in [0.717, 1.165) is 38.0 Å². The number of aryl methyl sites for hydroxylation is 2. The minimum atomic E-state index is -3.01. The van der Waals surface area contributed by atoms with Gasteiger partial charge in [0.25, 0.3) is 0 Å². The fourth-order valence-electron chi connectivity index (χ4n) is 2.90. The van der Waals surface area contributed by atoms with Gasteiger partial charge in [0.05, 0.1) is 12.9 Å². The predicted octanol–water partition coefficient (Wildman–Crippen LogP) is 3.13. The van der Waals surface area contributed by atoms with Crippen LogP contribution in [-0.2, 0) is 10.0 Å². The van der Waals surface area contributed by atoms with Crippen LogP contribution in [0.2, 0.25) is 0 Å². The van der Waals surface area contributed by atoms with E-state index in [1.807, 2.05) is 6.07 Å². The number of sulfonamides is 1. The Balaban J connectivity index is 1.66. The number of piperidine rings is 1. The van der Waals surface area contributed by atoms with E-state index >= 15 is 0 Å². The van der Waals surface area contributed by atoms with Crippen molar-refractivity contribution >= 4 is 10.0 Å². The van der Waals surface area contributed by atoms with Gasteiger partial charge in [-0.3, -0.25) is 0 Å². The van der Waals surface area contributed by atoms with E-state index in [9.17, 15) is 8.42 Å². The van der Waals surface area contributed by atoms with Gasteiger partial charge in [0.15, 0.2) is 0 Å². The third-order valence-electron chi connectivity index (χ3n) is 4.55. The van der Waals surface area contributed by atoms with Gasteiger partial charge in [0.1, 0.15) is 5.75 Å². The summed E-state index contributed by atoms with van der Waals surface area (Å²) in [5.41, 5.74) is 2.54. The molecule has 124 valence electrons. The second-order valence-corrected chi connectivity index (χ2v) is 8.32. The molecule has 1 aliphatic rings. The molecular weight excluding hydrogens is 298 g/mol. The van der Waals surface area contributed by atoms with Crippen molar-refractivity contribution in [1.82, 2.24) is 4.31 Å². The maximum absolute atomic E-state index is 11.5. The zero-order valence-electron chi connectivity index (χ0n) is 13.8. The van der Waals surface area contributed by atoms with Crippen molar-refractivity contribution in [2.45, 2.75) is 39.5 Å². The molecule has 0 radical (unpaired) electrons. The van der Waals surface area contributed by atoms with Crippen LogP contribution in [0.1, 0.15) is 36.8 Å². The molecule has 0 atom stereocenters.